The van der Waals surface area contributed by atoms with Crippen LogP contribution in [0, 0.1) is 16.7 Å². The van der Waals surface area contributed by atoms with Crippen LogP contribution >= 0.6 is 24.8 Å². The first-order valence-corrected chi connectivity index (χ1v) is 7.70. The Hall–Kier alpha value is -1.65. The Kier molecular flexibility index (Phi) is 6.78. The largest absolute Gasteiger partial charge is 0.352 e. The molecule has 0 saturated heterocycles. The molecule has 1 aromatic rings. The fourth-order valence-electron chi connectivity index (χ4n) is 1.62. The summed E-state index contributed by atoms with van der Waals surface area (Å²) in [5.41, 5.74) is 1.04. The zero-order valence-electron chi connectivity index (χ0n) is 13.0. The fourth-order valence-corrected chi connectivity index (χ4v) is 1.94. The summed E-state index contributed by atoms with van der Waals surface area (Å²) in [7, 11) is 0. The summed E-state index contributed by atoms with van der Waals surface area (Å²) in [5, 5.41) is 11.6. The minimum atomic E-state index is -0.486. The Morgan fingerprint density at radius 3 is 2.77 bits per heavy atom. The number of hydrogen-bond acceptors (Lipinski definition) is 4. The average Bonchev–Trinajstić information content (AvgIpc) is 2.43. The van der Waals surface area contributed by atoms with Gasteiger partial charge in [-0.25, -0.2) is 0 Å². The van der Waals surface area contributed by atoms with Crippen molar-refractivity contribution in [1.82, 2.24) is 9.88 Å². The van der Waals surface area contributed by atoms with Crippen LogP contribution in [0.3, 0.4) is 0 Å². The molecule has 0 aliphatic carbocycles. The van der Waals surface area contributed by atoms with E-state index >= 15 is 0 Å². The molecule has 118 valence electrons. The summed E-state index contributed by atoms with van der Waals surface area (Å²) in [6.07, 6.45) is 3.66. The van der Waals surface area contributed by atoms with Crippen LogP contribution in [0.4, 0.5) is 5.69 Å². The number of carbonyl (C=O) groups excluding carboxylic acids is 1. The monoisotopic (exact) mass is 336 g/mol. The molecule has 5 nitrogen and oxygen atoms in total. The number of rotatable bonds is 5. The highest BCUT2D eigenvalue weighted by Crippen LogP contribution is 2.21. The second-order valence-electron chi connectivity index (χ2n) is 5.85. The Morgan fingerprint density at radius 2 is 2.23 bits per heavy atom. The summed E-state index contributed by atoms with van der Waals surface area (Å²) in [5.74, 6) is -0.0722. The van der Waals surface area contributed by atoms with Crippen molar-refractivity contribution in [1.29, 1.82) is 5.26 Å². The van der Waals surface area contributed by atoms with Gasteiger partial charge in [0.2, 0.25) is 5.91 Å². The van der Waals surface area contributed by atoms with Crippen molar-refractivity contribution in [2.24, 2.45) is 5.41 Å². The highest BCUT2D eigenvalue weighted by Gasteiger charge is 2.22. The van der Waals surface area contributed by atoms with E-state index in [9.17, 15) is 4.79 Å². The van der Waals surface area contributed by atoms with Gasteiger partial charge in [0.15, 0.2) is 0 Å². The van der Waals surface area contributed by atoms with Gasteiger partial charge in [-0.2, -0.15) is 5.26 Å². The second-order valence-corrected chi connectivity index (χ2v) is 6.96. The predicted octanol–water partition coefficient (Wildman–Crippen LogP) is 3.00. The highest BCUT2D eigenvalue weighted by molar-refractivity contribution is 8.10. The highest BCUT2D eigenvalue weighted by atomic mass is 32.1. The van der Waals surface area contributed by atoms with Gasteiger partial charge in [0.1, 0.15) is 4.32 Å². The van der Waals surface area contributed by atoms with Gasteiger partial charge in [0.05, 0.1) is 12.5 Å². The van der Waals surface area contributed by atoms with E-state index in [-0.39, 0.29) is 5.91 Å². The minimum Gasteiger partial charge on any atom is -0.352 e. The molecule has 1 N–H and O–H groups in total. The molecular formula is C15H20N4OS2. The lowest BCUT2D eigenvalue weighted by Crippen LogP contribution is -2.30. The molecule has 1 aromatic heterocycles. The molecule has 0 aliphatic heterocycles. The number of amides is 1. The van der Waals surface area contributed by atoms with E-state index in [1.165, 1.54) is 0 Å². The van der Waals surface area contributed by atoms with Crippen LogP contribution in [0.5, 0.6) is 0 Å². The maximum Gasteiger partial charge on any atom is 0.229 e. The summed E-state index contributed by atoms with van der Waals surface area (Å²) in [4.78, 5) is 18.0. The molecule has 22 heavy (non-hydrogen) atoms. The minimum absolute atomic E-state index is 0.0722. The van der Waals surface area contributed by atoms with Crippen LogP contribution < -0.4 is 5.32 Å². The van der Waals surface area contributed by atoms with Crippen LogP contribution in [-0.4, -0.2) is 26.7 Å². The van der Waals surface area contributed by atoms with Crippen molar-refractivity contribution in [3.63, 3.8) is 0 Å². The molecule has 0 fully saturated rings. The summed E-state index contributed by atoms with van der Waals surface area (Å²) in [6.45, 7) is 6.49. The first-order chi connectivity index (χ1) is 10.3. The number of anilines is 1. The number of nitrogens with one attached hydrogen (secondary N) is 1. The maximum absolute atomic E-state index is 12.1. The lowest BCUT2D eigenvalue weighted by molar-refractivity contribution is -0.123. The maximum atomic E-state index is 12.1. The van der Waals surface area contributed by atoms with Gasteiger partial charge in [-0.15, -0.1) is 12.6 Å². The summed E-state index contributed by atoms with van der Waals surface area (Å²) >= 11 is 9.28. The molecule has 0 unspecified atom stereocenters. The van der Waals surface area contributed by atoms with E-state index in [0.717, 1.165) is 5.56 Å². The number of nitriles is 1. The van der Waals surface area contributed by atoms with Gasteiger partial charge in [0, 0.05) is 42.1 Å². The van der Waals surface area contributed by atoms with Gasteiger partial charge in [-0.05, 0) is 6.07 Å². The molecule has 0 aliphatic rings. The zero-order valence-corrected chi connectivity index (χ0v) is 14.7. The van der Waals surface area contributed by atoms with Crippen LogP contribution in [-0.2, 0) is 11.3 Å². The molecule has 1 heterocycles. The lowest BCUT2D eigenvalue weighted by atomic mass is 9.95. The normalized spacial score (nSPS) is 10.7. The Labute approximate surface area is 142 Å². The molecule has 1 rings (SSSR count). The summed E-state index contributed by atoms with van der Waals surface area (Å²) < 4.78 is 0.409. The number of nitrogens with zero attached hydrogens (tertiary/aromatic N) is 3. The number of thiocarbonyl (C=S) groups is 1. The van der Waals surface area contributed by atoms with E-state index in [0.29, 0.717) is 29.5 Å². The van der Waals surface area contributed by atoms with Gasteiger partial charge in [-0.1, -0.05) is 33.0 Å². The van der Waals surface area contributed by atoms with Gasteiger partial charge in [0.25, 0.3) is 0 Å². The third-order valence-corrected chi connectivity index (χ3v) is 3.50. The SMILES string of the molecule is CC(C)(C)C(=O)Nc1ccncc1CN(CCC#N)C(=S)S. The third kappa shape index (κ3) is 5.62. The van der Waals surface area contributed by atoms with Crippen LogP contribution in [0.25, 0.3) is 0 Å². The summed E-state index contributed by atoms with van der Waals surface area (Å²) in [6, 6.07) is 3.84. The Bertz CT molecular complexity index is 590. The molecule has 0 spiro atoms. The molecule has 0 atom stereocenters. The van der Waals surface area contributed by atoms with Crippen molar-refractivity contribution >= 4 is 40.8 Å². The van der Waals surface area contributed by atoms with Crippen LogP contribution in [0.15, 0.2) is 18.5 Å². The van der Waals surface area contributed by atoms with Gasteiger partial charge in [-0.3, -0.25) is 9.78 Å². The van der Waals surface area contributed by atoms with Crippen molar-refractivity contribution in [3.05, 3.63) is 24.0 Å². The molecule has 0 aromatic carbocycles. The molecule has 7 heteroatoms. The number of thiol groups is 1. The van der Waals surface area contributed by atoms with E-state index in [1.54, 1.807) is 23.4 Å². The van der Waals surface area contributed by atoms with Crippen molar-refractivity contribution in [2.45, 2.75) is 33.7 Å². The van der Waals surface area contributed by atoms with E-state index in [4.69, 9.17) is 17.5 Å². The molecule has 0 saturated carbocycles. The predicted molar refractivity (Wildman–Crippen MR) is 94.5 cm³/mol. The molecule has 0 bridgehead atoms. The van der Waals surface area contributed by atoms with Gasteiger partial charge >= 0.3 is 0 Å². The number of aromatic nitrogens is 1. The fraction of sp³-hybridized carbons (Fsp3) is 0.467. The Balaban J connectivity index is 2.93. The Morgan fingerprint density at radius 1 is 1.55 bits per heavy atom. The first kappa shape index (κ1) is 18.4. The van der Waals surface area contributed by atoms with Gasteiger partial charge < -0.3 is 10.2 Å². The topological polar surface area (TPSA) is 69.0 Å². The van der Waals surface area contributed by atoms with Crippen molar-refractivity contribution in [2.75, 3.05) is 11.9 Å². The molecule has 1 amide bonds. The first-order valence-electron chi connectivity index (χ1n) is 6.85. The number of pyridine rings is 1. The van der Waals surface area contributed by atoms with Crippen LogP contribution in [0.2, 0.25) is 0 Å². The molecular weight excluding hydrogens is 316 g/mol. The van der Waals surface area contributed by atoms with Crippen molar-refractivity contribution in [3.8, 4) is 6.07 Å². The number of carbonyl (C=O) groups is 1. The standard InChI is InChI=1S/C15H20N4OS2/c1-15(2,3)13(20)18-12-5-7-17-9-11(12)10-19(14(21)22)8-4-6-16/h5,7,9H,4,8,10H2,1-3H3,(H,21,22)(H,17,18,20). The smallest absolute Gasteiger partial charge is 0.229 e. The van der Waals surface area contributed by atoms with E-state index < -0.39 is 5.41 Å². The van der Waals surface area contributed by atoms with Crippen molar-refractivity contribution < 1.29 is 4.79 Å². The quantitative estimate of drug-likeness (QED) is 0.639. The average molecular weight is 336 g/mol. The molecule has 0 radical (unpaired) electrons. The lowest BCUT2D eigenvalue weighted by Gasteiger charge is -2.24. The third-order valence-electron chi connectivity index (χ3n) is 2.96. The van der Waals surface area contributed by atoms with E-state index in [2.05, 4.69) is 29.0 Å². The van der Waals surface area contributed by atoms with Crippen LogP contribution in [0.1, 0.15) is 32.8 Å². The second kappa shape index (κ2) is 8.11. The van der Waals surface area contributed by atoms with E-state index in [1.807, 2.05) is 20.8 Å². The zero-order chi connectivity index (χ0) is 16.8. The number of hydrogen-bond donors (Lipinski definition) is 2.